The van der Waals surface area contributed by atoms with Gasteiger partial charge in [-0.25, -0.2) is 4.98 Å². The van der Waals surface area contributed by atoms with Crippen molar-refractivity contribution < 1.29 is 4.79 Å². The lowest BCUT2D eigenvalue weighted by atomic mass is 9.49. The summed E-state index contributed by atoms with van der Waals surface area (Å²) in [4.78, 5) is 19.1. The maximum atomic E-state index is 13.1. The van der Waals surface area contributed by atoms with Crippen molar-refractivity contribution >= 4 is 17.5 Å². The average molecular weight is 406 g/mol. The molecule has 0 radical (unpaired) electrons. The van der Waals surface area contributed by atoms with Crippen LogP contribution in [0.4, 0.5) is 5.95 Å². The first-order chi connectivity index (χ1) is 14.6. The van der Waals surface area contributed by atoms with E-state index in [0.29, 0.717) is 17.7 Å². The highest BCUT2D eigenvalue weighted by Crippen LogP contribution is 2.59. The third-order valence-corrected chi connectivity index (χ3v) is 7.34. The number of carbonyl (C=O) groups excluding carboxylic acids is 1. The Bertz CT molecular complexity index is 1080. The Morgan fingerprint density at radius 3 is 2.57 bits per heavy atom. The number of anilines is 1. The lowest BCUT2D eigenvalue weighted by molar-refractivity contribution is -0.0503. The molecule has 0 saturated heterocycles. The van der Waals surface area contributed by atoms with Crippen molar-refractivity contribution in [2.24, 2.45) is 23.2 Å². The topological polar surface area (TPSA) is 116 Å². The van der Waals surface area contributed by atoms with Crippen LogP contribution in [0.3, 0.4) is 0 Å². The first-order valence-corrected chi connectivity index (χ1v) is 10.8. The third-order valence-electron chi connectivity index (χ3n) is 7.34. The highest BCUT2D eigenvalue weighted by atomic mass is 16.1. The summed E-state index contributed by atoms with van der Waals surface area (Å²) < 4.78 is 1.84. The highest BCUT2D eigenvalue weighted by molar-refractivity contribution is 5.93. The Hall–Kier alpha value is -2.97. The summed E-state index contributed by atoms with van der Waals surface area (Å²) in [5.41, 5.74) is 7.91. The van der Waals surface area contributed by atoms with E-state index < -0.39 is 0 Å². The van der Waals surface area contributed by atoms with Crippen molar-refractivity contribution in [3.63, 3.8) is 0 Å². The minimum absolute atomic E-state index is 0.0385. The molecule has 30 heavy (non-hydrogen) atoms. The molecule has 9 nitrogen and oxygen atoms in total. The molecular weight excluding hydrogens is 380 g/mol. The number of tetrazole rings is 1. The molecule has 0 spiro atoms. The predicted octanol–water partition coefficient (Wildman–Crippen LogP) is 1.90. The van der Waals surface area contributed by atoms with Crippen LogP contribution in [-0.4, -0.2) is 42.0 Å². The largest absolute Gasteiger partial charge is 0.365 e. The summed E-state index contributed by atoms with van der Waals surface area (Å²) in [5, 5.41) is 14.8. The summed E-state index contributed by atoms with van der Waals surface area (Å²) in [5.74, 6) is 2.73. The first kappa shape index (κ1) is 17.9. The van der Waals surface area contributed by atoms with Crippen LogP contribution in [-0.2, 0) is 6.54 Å². The van der Waals surface area contributed by atoms with Gasteiger partial charge in [-0.3, -0.25) is 9.20 Å². The molecule has 4 aliphatic rings. The molecule has 3 N–H and O–H groups in total. The fraction of sp³-hybridized carbons (Fsp3) is 0.571. The quantitative estimate of drug-likeness (QED) is 0.668. The summed E-state index contributed by atoms with van der Waals surface area (Å²) in [6.45, 7) is 1.13. The minimum Gasteiger partial charge on any atom is -0.365 e. The van der Waals surface area contributed by atoms with E-state index in [9.17, 15) is 4.79 Å². The van der Waals surface area contributed by atoms with Crippen LogP contribution in [0.25, 0.3) is 5.65 Å². The molecule has 7 rings (SSSR count). The van der Waals surface area contributed by atoms with Gasteiger partial charge >= 0.3 is 0 Å². The maximum Gasteiger partial charge on any atom is 0.268 e. The fourth-order valence-electron chi connectivity index (χ4n) is 6.65. The molecule has 4 aliphatic carbocycles. The van der Waals surface area contributed by atoms with Crippen LogP contribution in [0.1, 0.15) is 54.7 Å². The maximum absolute atomic E-state index is 13.1. The highest BCUT2D eigenvalue weighted by Gasteiger charge is 2.50. The summed E-state index contributed by atoms with van der Waals surface area (Å²) in [7, 11) is 0. The SMILES string of the molecule is Nc1nnn(Cc2cn3c(C(=O)NCC45CC6CC(CC(C6)C4)C5)cccc3n2)n1. The van der Waals surface area contributed by atoms with Crippen LogP contribution in [0.15, 0.2) is 24.4 Å². The Morgan fingerprint density at radius 1 is 1.17 bits per heavy atom. The predicted molar refractivity (Wildman–Crippen MR) is 109 cm³/mol. The number of imidazole rings is 1. The molecule has 156 valence electrons. The number of amides is 1. The zero-order chi connectivity index (χ0) is 20.3. The van der Waals surface area contributed by atoms with E-state index >= 15 is 0 Å². The number of fused-ring (bicyclic) bond motifs is 1. The minimum atomic E-state index is -0.0385. The van der Waals surface area contributed by atoms with Crippen molar-refractivity contribution in [1.82, 2.24) is 34.9 Å². The van der Waals surface area contributed by atoms with Crippen LogP contribution < -0.4 is 11.1 Å². The third kappa shape index (κ3) is 3.03. The number of nitrogen functional groups attached to an aromatic ring is 1. The number of hydrogen-bond acceptors (Lipinski definition) is 6. The summed E-state index contributed by atoms with van der Waals surface area (Å²) in [6, 6.07) is 5.61. The second-order valence-corrected chi connectivity index (χ2v) is 9.65. The molecule has 3 aromatic heterocycles. The second kappa shape index (κ2) is 6.52. The molecule has 3 heterocycles. The normalized spacial score (nSPS) is 29.5. The van der Waals surface area contributed by atoms with Gasteiger partial charge < -0.3 is 11.1 Å². The van der Waals surface area contributed by atoms with Gasteiger partial charge in [-0.2, -0.15) is 4.80 Å². The van der Waals surface area contributed by atoms with Crippen molar-refractivity contribution in [1.29, 1.82) is 0 Å². The van der Waals surface area contributed by atoms with Crippen LogP contribution >= 0.6 is 0 Å². The molecule has 4 fully saturated rings. The zero-order valence-electron chi connectivity index (χ0n) is 16.9. The second-order valence-electron chi connectivity index (χ2n) is 9.65. The molecular formula is C21H26N8O. The van der Waals surface area contributed by atoms with Gasteiger partial charge in [-0.05, 0) is 79.0 Å². The molecule has 4 saturated carbocycles. The van der Waals surface area contributed by atoms with Crippen molar-refractivity contribution in [2.45, 2.75) is 45.1 Å². The van der Waals surface area contributed by atoms with Crippen molar-refractivity contribution in [2.75, 3.05) is 12.3 Å². The van der Waals surface area contributed by atoms with Gasteiger partial charge in [-0.1, -0.05) is 11.2 Å². The van der Waals surface area contributed by atoms with Crippen molar-refractivity contribution in [3.05, 3.63) is 35.8 Å². The van der Waals surface area contributed by atoms with E-state index in [2.05, 4.69) is 25.7 Å². The van der Waals surface area contributed by atoms with E-state index in [1.807, 2.05) is 28.8 Å². The number of aromatic nitrogens is 6. The Balaban J connectivity index is 1.20. The van der Waals surface area contributed by atoms with Crippen molar-refractivity contribution in [3.8, 4) is 0 Å². The molecule has 0 aromatic carbocycles. The number of pyridine rings is 1. The van der Waals surface area contributed by atoms with Gasteiger partial charge in [-0.15, -0.1) is 5.10 Å². The van der Waals surface area contributed by atoms with Gasteiger partial charge in [0.15, 0.2) is 0 Å². The van der Waals surface area contributed by atoms with Crippen LogP contribution in [0.5, 0.6) is 0 Å². The molecule has 0 unspecified atom stereocenters. The molecule has 1 amide bonds. The van der Waals surface area contributed by atoms with Gasteiger partial charge in [0.25, 0.3) is 11.9 Å². The standard InChI is InChI=1S/C21H26N8O/c22-20-25-27-29(26-20)11-16-10-28-17(2-1-3-18(28)24-16)19(30)23-12-21-7-13-4-14(8-21)6-15(5-13)9-21/h1-3,10,13-15H,4-9,11-12H2,(H2,22,26)(H,23,30). The molecule has 0 aliphatic heterocycles. The molecule has 0 atom stereocenters. The number of hydrogen-bond donors (Lipinski definition) is 2. The Morgan fingerprint density at radius 2 is 1.90 bits per heavy atom. The summed E-state index contributed by atoms with van der Waals surface area (Å²) >= 11 is 0. The van der Waals surface area contributed by atoms with Gasteiger partial charge in [0.05, 0.1) is 5.69 Å². The Kier molecular flexibility index (Phi) is 3.88. The summed E-state index contributed by atoms with van der Waals surface area (Å²) in [6.07, 6.45) is 9.95. The van der Waals surface area contributed by atoms with E-state index in [4.69, 9.17) is 5.73 Å². The molecule has 3 aromatic rings. The lowest BCUT2D eigenvalue weighted by Gasteiger charge is -2.56. The van der Waals surface area contributed by atoms with E-state index in [1.165, 1.54) is 43.3 Å². The zero-order valence-corrected chi connectivity index (χ0v) is 16.9. The fourth-order valence-corrected chi connectivity index (χ4v) is 6.65. The monoisotopic (exact) mass is 406 g/mol. The van der Waals surface area contributed by atoms with E-state index in [1.54, 1.807) is 0 Å². The van der Waals surface area contributed by atoms with E-state index in [0.717, 1.165) is 35.6 Å². The van der Waals surface area contributed by atoms with Gasteiger partial charge in [0.2, 0.25) is 0 Å². The Labute approximate surface area is 174 Å². The number of nitrogens with one attached hydrogen (secondary N) is 1. The lowest BCUT2D eigenvalue weighted by Crippen LogP contribution is -2.51. The van der Waals surface area contributed by atoms with Crippen LogP contribution in [0.2, 0.25) is 0 Å². The average Bonchev–Trinajstić information content (AvgIpc) is 3.30. The first-order valence-electron chi connectivity index (χ1n) is 10.8. The number of carbonyl (C=O) groups is 1. The number of rotatable bonds is 5. The van der Waals surface area contributed by atoms with E-state index in [-0.39, 0.29) is 11.9 Å². The number of nitrogens with zero attached hydrogens (tertiary/aromatic N) is 6. The molecule has 9 heteroatoms. The van der Waals surface area contributed by atoms with Gasteiger partial charge in [0, 0.05) is 12.7 Å². The molecule has 4 bridgehead atoms. The number of nitrogens with two attached hydrogens (primary N) is 1. The van der Waals surface area contributed by atoms with Crippen LogP contribution in [0, 0.1) is 23.2 Å². The smallest absolute Gasteiger partial charge is 0.268 e. The van der Waals surface area contributed by atoms with Gasteiger partial charge in [0.1, 0.15) is 17.9 Å².